The lowest BCUT2D eigenvalue weighted by atomic mass is 10.1. The predicted octanol–water partition coefficient (Wildman–Crippen LogP) is 2.26. The number of hydrogen-bond donors (Lipinski definition) is 2. The Morgan fingerprint density at radius 1 is 1.26 bits per heavy atom. The molecule has 1 aliphatic rings. The molecule has 1 heterocycles. The Labute approximate surface area is 113 Å². The molecule has 0 bridgehead atoms. The van der Waals surface area contributed by atoms with Crippen molar-refractivity contribution in [2.45, 2.75) is 33.4 Å². The van der Waals surface area contributed by atoms with E-state index in [-0.39, 0.29) is 18.9 Å². The first-order valence-corrected chi connectivity index (χ1v) is 6.49. The van der Waals surface area contributed by atoms with Crippen molar-refractivity contribution in [1.29, 1.82) is 0 Å². The van der Waals surface area contributed by atoms with Gasteiger partial charge in [0.1, 0.15) is 0 Å². The van der Waals surface area contributed by atoms with Crippen LogP contribution in [0.5, 0.6) is 11.5 Å². The minimum atomic E-state index is -0.154. The van der Waals surface area contributed by atoms with Crippen molar-refractivity contribution in [3.63, 3.8) is 0 Å². The Balaban J connectivity index is 1.84. The lowest BCUT2D eigenvalue weighted by molar-refractivity contribution is 0.174. The van der Waals surface area contributed by atoms with E-state index in [1.807, 2.05) is 25.1 Å². The van der Waals surface area contributed by atoms with Crippen molar-refractivity contribution < 1.29 is 14.3 Å². The molecular formula is C14H20N2O3. The first-order chi connectivity index (χ1) is 9.06. The molecule has 5 nitrogen and oxygen atoms in total. The molecule has 0 aliphatic carbocycles. The second-order valence-electron chi connectivity index (χ2n) is 5.05. The molecule has 2 amide bonds. The Hall–Kier alpha value is -1.91. The number of urea groups is 1. The van der Waals surface area contributed by atoms with Gasteiger partial charge in [0.15, 0.2) is 11.5 Å². The van der Waals surface area contributed by atoms with Gasteiger partial charge < -0.3 is 20.1 Å². The molecule has 5 heteroatoms. The number of rotatable bonds is 4. The molecule has 2 N–H and O–H groups in total. The van der Waals surface area contributed by atoms with Crippen LogP contribution < -0.4 is 20.1 Å². The number of carbonyl (C=O) groups is 1. The fraction of sp³-hybridized carbons (Fsp3) is 0.500. The van der Waals surface area contributed by atoms with E-state index >= 15 is 0 Å². The average molecular weight is 264 g/mol. The zero-order valence-corrected chi connectivity index (χ0v) is 11.5. The van der Waals surface area contributed by atoms with E-state index in [2.05, 4.69) is 24.5 Å². The molecule has 1 aliphatic heterocycles. The van der Waals surface area contributed by atoms with Crippen LogP contribution in [0.1, 0.15) is 26.3 Å². The van der Waals surface area contributed by atoms with E-state index in [4.69, 9.17) is 9.47 Å². The first kappa shape index (κ1) is 13.5. The summed E-state index contributed by atoms with van der Waals surface area (Å²) in [6.45, 7) is 6.86. The van der Waals surface area contributed by atoms with Crippen LogP contribution in [0.15, 0.2) is 18.2 Å². The molecular weight excluding hydrogens is 244 g/mol. The highest BCUT2D eigenvalue weighted by atomic mass is 16.7. The molecule has 19 heavy (non-hydrogen) atoms. The summed E-state index contributed by atoms with van der Waals surface area (Å²) >= 11 is 0. The van der Waals surface area contributed by atoms with E-state index in [1.165, 1.54) is 0 Å². The van der Waals surface area contributed by atoms with Crippen LogP contribution in [0.3, 0.4) is 0 Å². The van der Waals surface area contributed by atoms with Crippen molar-refractivity contribution in [2.75, 3.05) is 6.79 Å². The summed E-state index contributed by atoms with van der Waals surface area (Å²) in [6, 6.07) is 5.65. The zero-order valence-electron chi connectivity index (χ0n) is 11.5. The Bertz CT molecular complexity index is 460. The average Bonchev–Trinajstić information content (AvgIpc) is 2.83. The van der Waals surface area contributed by atoms with Gasteiger partial charge in [-0.05, 0) is 30.5 Å². The molecule has 0 saturated carbocycles. The third-order valence-corrected chi connectivity index (χ3v) is 3.25. The molecule has 2 rings (SSSR count). The fourth-order valence-corrected chi connectivity index (χ4v) is 1.66. The lowest BCUT2D eigenvalue weighted by Gasteiger charge is -2.17. The zero-order chi connectivity index (χ0) is 13.8. The van der Waals surface area contributed by atoms with Crippen LogP contribution in [0, 0.1) is 5.92 Å². The van der Waals surface area contributed by atoms with E-state index in [9.17, 15) is 4.79 Å². The largest absolute Gasteiger partial charge is 0.454 e. The summed E-state index contributed by atoms with van der Waals surface area (Å²) in [5, 5.41) is 5.73. The van der Waals surface area contributed by atoms with Gasteiger partial charge in [-0.3, -0.25) is 0 Å². The normalized spacial score (nSPS) is 14.3. The Morgan fingerprint density at radius 3 is 2.74 bits per heavy atom. The number of carbonyl (C=O) groups excluding carboxylic acids is 1. The second kappa shape index (κ2) is 5.82. The van der Waals surface area contributed by atoms with E-state index in [0.717, 1.165) is 17.1 Å². The molecule has 0 spiro atoms. The van der Waals surface area contributed by atoms with Gasteiger partial charge in [-0.15, -0.1) is 0 Å². The number of nitrogens with one attached hydrogen (secondary N) is 2. The highest BCUT2D eigenvalue weighted by molar-refractivity contribution is 5.74. The van der Waals surface area contributed by atoms with Crippen molar-refractivity contribution in [3.05, 3.63) is 23.8 Å². The first-order valence-electron chi connectivity index (χ1n) is 6.49. The summed E-state index contributed by atoms with van der Waals surface area (Å²) in [4.78, 5) is 11.7. The van der Waals surface area contributed by atoms with Gasteiger partial charge in [-0.1, -0.05) is 19.9 Å². The quantitative estimate of drug-likeness (QED) is 0.877. The van der Waals surface area contributed by atoms with Gasteiger partial charge >= 0.3 is 6.03 Å². The van der Waals surface area contributed by atoms with Crippen molar-refractivity contribution in [1.82, 2.24) is 10.6 Å². The summed E-state index contributed by atoms with van der Waals surface area (Å²) in [5.74, 6) is 1.90. The molecule has 0 radical (unpaired) electrons. The summed E-state index contributed by atoms with van der Waals surface area (Å²) in [6.07, 6.45) is 0. The maximum Gasteiger partial charge on any atom is 0.315 e. The van der Waals surface area contributed by atoms with Crippen LogP contribution in [0.4, 0.5) is 4.79 Å². The standard InChI is InChI=1S/C14H20N2O3/c1-9(2)10(3)16-14(17)15-7-11-4-5-12-13(6-11)19-8-18-12/h4-6,9-10H,7-8H2,1-3H3,(H2,15,16,17). The number of ether oxygens (including phenoxy) is 2. The maximum absolute atomic E-state index is 11.7. The summed E-state index contributed by atoms with van der Waals surface area (Å²) < 4.78 is 10.5. The Morgan fingerprint density at radius 2 is 2.00 bits per heavy atom. The topological polar surface area (TPSA) is 59.6 Å². The lowest BCUT2D eigenvalue weighted by Crippen LogP contribution is -2.42. The predicted molar refractivity (Wildman–Crippen MR) is 72.2 cm³/mol. The minimum absolute atomic E-state index is 0.150. The van der Waals surface area contributed by atoms with Crippen LogP contribution in [0.25, 0.3) is 0 Å². The van der Waals surface area contributed by atoms with Gasteiger partial charge in [0.05, 0.1) is 0 Å². The van der Waals surface area contributed by atoms with Crippen LogP contribution in [0.2, 0.25) is 0 Å². The molecule has 0 saturated heterocycles. The highest BCUT2D eigenvalue weighted by Crippen LogP contribution is 2.32. The van der Waals surface area contributed by atoms with Crippen LogP contribution in [-0.4, -0.2) is 18.9 Å². The molecule has 104 valence electrons. The number of hydrogen-bond acceptors (Lipinski definition) is 3. The molecule has 1 aromatic rings. The highest BCUT2D eigenvalue weighted by Gasteiger charge is 2.14. The van der Waals surface area contributed by atoms with Crippen molar-refractivity contribution in [2.24, 2.45) is 5.92 Å². The monoisotopic (exact) mass is 264 g/mol. The number of benzene rings is 1. The van der Waals surface area contributed by atoms with Crippen LogP contribution in [-0.2, 0) is 6.54 Å². The molecule has 0 aromatic heterocycles. The number of fused-ring (bicyclic) bond motifs is 1. The third kappa shape index (κ3) is 3.53. The minimum Gasteiger partial charge on any atom is -0.454 e. The third-order valence-electron chi connectivity index (χ3n) is 3.25. The molecule has 1 unspecified atom stereocenters. The van der Waals surface area contributed by atoms with E-state index in [0.29, 0.717) is 12.5 Å². The maximum atomic E-state index is 11.7. The van der Waals surface area contributed by atoms with Gasteiger partial charge in [0, 0.05) is 12.6 Å². The molecule has 0 fully saturated rings. The van der Waals surface area contributed by atoms with E-state index < -0.39 is 0 Å². The molecule has 1 aromatic carbocycles. The van der Waals surface area contributed by atoms with Crippen molar-refractivity contribution >= 4 is 6.03 Å². The van der Waals surface area contributed by atoms with Crippen molar-refractivity contribution in [3.8, 4) is 11.5 Å². The van der Waals surface area contributed by atoms with Gasteiger partial charge in [-0.2, -0.15) is 0 Å². The summed E-state index contributed by atoms with van der Waals surface area (Å²) in [5.41, 5.74) is 0.983. The van der Waals surface area contributed by atoms with Gasteiger partial charge in [-0.25, -0.2) is 4.79 Å². The summed E-state index contributed by atoms with van der Waals surface area (Å²) in [7, 11) is 0. The van der Waals surface area contributed by atoms with Gasteiger partial charge in [0.25, 0.3) is 0 Å². The van der Waals surface area contributed by atoms with E-state index in [1.54, 1.807) is 0 Å². The second-order valence-corrected chi connectivity index (χ2v) is 5.05. The van der Waals surface area contributed by atoms with Gasteiger partial charge in [0.2, 0.25) is 6.79 Å². The number of amides is 2. The SMILES string of the molecule is CC(C)C(C)NC(=O)NCc1ccc2c(c1)OCO2. The molecule has 1 atom stereocenters. The Kier molecular flexibility index (Phi) is 4.14. The smallest absolute Gasteiger partial charge is 0.315 e. The van der Waals surface area contributed by atoms with Crippen LogP contribution >= 0.6 is 0 Å². The fourth-order valence-electron chi connectivity index (χ4n) is 1.66.